The highest BCUT2D eigenvalue weighted by Gasteiger charge is 2.26. The smallest absolute Gasteiger partial charge is 0.251 e. The van der Waals surface area contributed by atoms with E-state index in [0.29, 0.717) is 25.2 Å². The van der Waals surface area contributed by atoms with Gasteiger partial charge in [-0.15, -0.1) is 10.2 Å². The molecule has 8 nitrogen and oxygen atoms in total. The SMILES string of the molecule is Cc1nc(C2CCCN(C(=O)CCc3nncn3C)C2)cc(=O)[nH]1. The Hall–Kier alpha value is -2.51. The molecule has 1 unspecified atom stereocenters. The van der Waals surface area contributed by atoms with E-state index in [9.17, 15) is 9.59 Å². The van der Waals surface area contributed by atoms with E-state index in [2.05, 4.69) is 20.2 Å². The van der Waals surface area contributed by atoms with Gasteiger partial charge in [0.1, 0.15) is 18.0 Å². The van der Waals surface area contributed by atoms with Crippen LogP contribution in [-0.2, 0) is 18.3 Å². The van der Waals surface area contributed by atoms with Crippen molar-refractivity contribution in [1.29, 1.82) is 0 Å². The maximum atomic E-state index is 12.5. The summed E-state index contributed by atoms with van der Waals surface area (Å²) < 4.78 is 1.83. The summed E-state index contributed by atoms with van der Waals surface area (Å²) in [6.07, 6.45) is 4.51. The Morgan fingerprint density at radius 3 is 3.00 bits per heavy atom. The maximum Gasteiger partial charge on any atom is 0.251 e. The third-order valence-corrected chi connectivity index (χ3v) is 4.44. The lowest BCUT2D eigenvalue weighted by molar-refractivity contribution is -0.132. The lowest BCUT2D eigenvalue weighted by Gasteiger charge is -2.32. The molecule has 0 radical (unpaired) electrons. The molecule has 1 aliphatic heterocycles. The number of piperidine rings is 1. The Morgan fingerprint density at radius 1 is 1.46 bits per heavy atom. The van der Waals surface area contributed by atoms with Gasteiger partial charge in [-0.05, 0) is 19.8 Å². The molecule has 0 aromatic carbocycles. The molecule has 3 rings (SSSR count). The highest BCUT2D eigenvalue weighted by Crippen LogP contribution is 2.25. The standard InChI is InChI=1S/C16H22N6O2/c1-11-18-13(8-15(23)19-11)12-4-3-7-22(9-12)16(24)6-5-14-20-17-10-21(14)2/h8,10,12H,3-7,9H2,1-2H3,(H,18,19,23). The molecule has 1 N–H and O–H groups in total. The van der Waals surface area contributed by atoms with Crippen molar-refractivity contribution in [1.82, 2.24) is 29.6 Å². The molecule has 0 aliphatic carbocycles. The fourth-order valence-electron chi connectivity index (χ4n) is 3.17. The summed E-state index contributed by atoms with van der Waals surface area (Å²) in [6, 6.07) is 1.55. The van der Waals surface area contributed by atoms with Crippen LogP contribution >= 0.6 is 0 Å². The van der Waals surface area contributed by atoms with Crippen molar-refractivity contribution in [3.63, 3.8) is 0 Å². The fourth-order valence-corrected chi connectivity index (χ4v) is 3.17. The van der Waals surface area contributed by atoms with Gasteiger partial charge in [0.25, 0.3) is 5.56 Å². The lowest BCUT2D eigenvalue weighted by atomic mass is 9.94. The Labute approximate surface area is 139 Å². The first kappa shape index (κ1) is 16.4. The number of nitrogens with one attached hydrogen (secondary N) is 1. The molecule has 0 spiro atoms. The summed E-state index contributed by atoms with van der Waals surface area (Å²) in [5, 5.41) is 7.84. The van der Waals surface area contributed by atoms with Gasteiger partial charge < -0.3 is 14.5 Å². The molecule has 0 saturated carbocycles. The number of aryl methyl sites for hydroxylation is 3. The number of H-pyrrole nitrogens is 1. The molecule has 2 aromatic rings. The van der Waals surface area contributed by atoms with E-state index in [0.717, 1.165) is 30.9 Å². The van der Waals surface area contributed by atoms with Crippen molar-refractivity contribution in [2.24, 2.45) is 7.05 Å². The van der Waals surface area contributed by atoms with Crippen molar-refractivity contribution >= 4 is 5.91 Å². The molecule has 1 fully saturated rings. The minimum atomic E-state index is -0.136. The van der Waals surface area contributed by atoms with E-state index in [4.69, 9.17) is 0 Å². The molecule has 8 heteroatoms. The second-order valence-electron chi connectivity index (χ2n) is 6.29. The summed E-state index contributed by atoms with van der Waals surface area (Å²) in [4.78, 5) is 33.1. The van der Waals surface area contributed by atoms with Gasteiger partial charge in [0.2, 0.25) is 5.91 Å². The quantitative estimate of drug-likeness (QED) is 0.883. The third kappa shape index (κ3) is 3.69. The summed E-state index contributed by atoms with van der Waals surface area (Å²) in [5.74, 6) is 1.66. The number of amides is 1. The zero-order chi connectivity index (χ0) is 17.1. The summed E-state index contributed by atoms with van der Waals surface area (Å²) in [7, 11) is 1.87. The first-order chi connectivity index (χ1) is 11.5. The van der Waals surface area contributed by atoms with E-state index in [1.54, 1.807) is 19.3 Å². The Morgan fingerprint density at radius 2 is 2.29 bits per heavy atom. The summed E-state index contributed by atoms with van der Waals surface area (Å²) in [6.45, 7) is 3.15. The number of likely N-dealkylation sites (tertiary alicyclic amines) is 1. The molecule has 0 bridgehead atoms. The van der Waals surface area contributed by atoms with Crippen LogP contribution in [0.3, 0.4) is 0 Å². The van der Waals surface area contributed by atoms with Crippen molar-refractivity contribution in [3.05, 3.63) is 40.1 Å². The molecular weight excluding hydrogens is 308 g/mol. The van der Waals surface area contributed by atoms with Gasteiger partial charge >= 0.3 is 0 Å². The molecule has 24 heavy (non-hydrogen) atoms. The van der Waals surface area contributed by atoms with Gasteiger partial charge in [-0.2, -0.15) is 0 Å². The monoisotopic (exact) mass is 330 g/mol. The van der Waals surface area contributed by atoms with Crippen LogP contribution in [0.15, 0.2) is 17.2 Å². The van der Waals surface area contributed by atoms with Crippen LogP contribution in [0.5, 0.6) is 0 Å². The second kappa shape index (κ2) is 6.94. The molecule has 1 saturated heterocycles. The average Bonchev–Trinajstić information content (AvgIpc) is 2.97. The zero-order valence-electron chi connectivity index (χ0n) is 14.0. The number of carbonyl (C=O) groups excluding carboxylic acids is 1. The predicted molar refractivity (Wildman–Crippen MR) is 87.5 cm³/mol. The Bertz CT molecular complexity index is 781. The van der Waals surface area contributed by atoms with Crippen molar-refractivity contribution < 1.29 is 4.79 Å². The van der Waals surface area contributed by atoms with E-state index in [-0.39, 0.29) is 17.4 Å². The van der Waals surface area contributed by atoms with Crippen LogP contribution in [0.4, 0.5) is 0 Å². The number of aromatic amines is 1. The third-order valence-electron chi connectivity index (χ3n) is 4.44. The second-order valence-corrected chi connectivity index (χ2v) is 6.29. The fraction of sp³-hybridized carbons (Fsp3) is 0.562. The van der Waals surface area contributed by atoms with Gasteiger partial charge in [-0.1, -0.05) is 0 Å². The number of nitrogens with zero attached hydrogens (tertiary/aromatic N) is 5. The molecule has 1 amide bonds. The molecule has 3 heterocycles. The van der Waals surface area contributed by atoms with Crippen LogP contribution in [-0.4, -0.2) is 48.6 Å². The van der Waals surface area contributed by atoms with Gasteiger partial charge in [-0.25, -0.2) is 4.98 Å². The first-order valence-corrected chi connectivity index (χ1v) is 8.21. The average molecular weight is 330 g/mol. The minimum Gasteiger partial charge on any atom is -0.342 e. The highest BCUT2D eigenvalue weighted by molar-refractivity contribution is 5.76. The molecule has 1 atom stereocenters. The normalized spacial score (nSPS) is 17.9. The van der Waals surface area contributed by atoms with Crippen molar-refractivity contribution in [2.45, 2.75) is 38.5 Å². The van der Waals surface area contributed by atoms with Crippen LogP contribution < -0.4 is 5.56 Å². The van der Waals surface area contributed by atoms with Gasteiger partial charge in [0, 0.05) is 45.0 Å². The van der Waals surface area contributed by atoms with E-state index in [1.807, 2.05) is 16.5 Å². The number of hydrogen-bond acceptors (Lipinski definition) is 5. The van der Waals surface area contributed by atoms with E-state index >= 15 is 0 Å². The molecular formula is C16H22N6O2. The molecule has 128 valence electrons. The predicted octanol–water partition coefficient (Wildman–Crippen LogP) is 0.546. The molecule has 2 aromatic heterocycles. The van der Waals surface area contributed by atoms with Crippen molar-refractivity contribution in [3.8, 4) is 0 Å². The highest BCUT2D eigenvalue weighted by atomic mass is 16.2. The van der Waals surface area contributed by atoms with Gasteiger partial charge in [0.15, 0.2) is 0 Å². The minimum absolute atomic E-state index is 0.115. The van der Waals surface area contributed by atoms with Gasteiger partial charge in [0.05, 0.1) is 5.69 Å². The number of aromatic nitrogens is 5. The van der Waals surface area contributed by atoms with Crippen LogP contribution in [0.1, 0.15) is 42.5 Å². The van der Waals surface area contributed by atoms with Crippen LogP contribution in [0, 0.1) is 6.92 Å². The largest absolute Gasteiger partial charge is 0.342 e. The Balaban J connectivity index is 1.63. The molecule has 1 aliphatic rings. The van der Waals surface area contributed by atoms with E-state index in [1.165, 1.54) is 0 Å². The number of hydrogen-bond donors (Lipinski definition) is 1. The van der Waals surface area contributed by atoms with Crippen molar-refractivity contribution in [2.75, 3.05) is 13.1 Å². The van der Waals surface area contributed by atoms with E-state index < -0.39 is 0 Å². The first-order valence-electron chi connectivity index (χ1n) is 8.21. The zero-order valence-corrected chi connectivity index (χ0v) is 14.0. The summed E-state index contributed by atoms with van der Waals surface area (Å²) >= 11 is 0. The van der Waals surface area contributed by atoms with Crippen LogP contribution in [0.25, 0.3) is 0 Å². The van der Waals surface area contributed by atoms with Gasteiger partial charge in [-0.3, -0.25) is 9.59 Å². The Kier molecular flexibility index (Phi) is 4.73. The number of carbonyl (C=O) groups is 1. The summed E-state index contributed by atoms with van der Waals surface area (Å²) in [5.41, 5.74) is 0.644. The van der Waals surface area contributed by atoms with Crippen LogP contribution in [0.2, 0.25) is 0 Å². The topological polar surface area (TPSA) is 96.8 Å². The lowest BCUT2D eigenvalue weighted by Crippen LogP contribution is -2.39. The number of rotatable bonds is 4. The maximum absolute atomic E-state index is 12.5.